The number of hydrogen-bond acceptors (Lipinski definition) is 6. The molecule has 0 radical (unpaired) electrons. The summed E-state index contributed by atoms with van der Waals surface area (Å²) in [5.74, 6) is -0.371. The highest BCUT2D eigenvalue weighted by Gasteiger charge is 2.16. The topological polar surface area (TPSA) is 129 Å². The number of benzene rings is 2. The number of sulfonamides is 1. The second-order valence-electron chi connectivity index (χ2n) is 6.06. The summed E-state index contributed by atoms with van der Waals surface area (Å²) in [4.78, 5) is 11.9. The molecule has 0 atom stereocenters. The fraction of sp³-hybridized carbons (Fsp3) is 0.105. The largest absolute Gasteiger partial charge is 0.495 e. The molecule has 3 aromatic rings. The maximum atomic E-state index is 12.1. The van der Waals surface area contributed by atoms with Crippen molar-refractivity contribution in [2.75, 3.05) is 12.4 Å². The van der Waals surface area contributed by atoms with Gasteiger partial charge in [0, 0.05) is 11.8 Å². The maximum Gasteiger partial charge on any atom is 0.248 e. The Hall–Kier alpha value is -3.50. The van der Waals surface area contributed by atoms with Gasteiger partial charge >= 0.3 is 0 Å². The van der Waals surface area contributed by atoms with Crippen molar-refractivity contribution in [3.05, 3.63) is 72.1 Å². The van der Waals surface area contributed by atoms with E-state index in [1.54, 1.807) is 10.9 Å². The van der Waals surface area contributed by atoms with Crippen LogP contribution in [0.4, 0.5) is 5.69 Å². The van der Waals surface area contributed by atoms with Gasteiger partial charge in [-0.1, -0.05) is 35.5 Å². The summed E-state index contributed by atoms with van der Waals surface area (Å²) in [7, 11) is -2.67. The number of aromatic nitrogens is 3. The molecule has 0 spiro atoms. The van der Waals surface area contributed by atoms with Gasteiger partial charge in [-0.15, -0.1) is 5.10 Å². The second kappa shape index (κ2) is 8.67. The minimum atomic E-state index is -4.00. The van der Waals surface area contributed by atoms with Gasteiger partial charge in [0.1, 0.15) is 16.3 Å². The van der Waals surface area contributed by atoms with Crippen LogP contribution >= 0.6 is 0 Å². The number of methoxy groups -OCH3 is 1. The molecule has 29 heavy (non-hydrogen) atoms. The van der Waals surface area contributed by atoms with E-state index in [2.05, 4.69) is 15.6 Å². The van der Waals surface area contributed by atoms with Gasteiger partial charge in [0.25, 0.3) is 0 Å². The summed E-state index contributed by atoms with van der Waals surface area (Å²) in [5.41, 5.74) is 1.85. The van der Waals surface area contributed by atoms with Crippen LogP contribution in [0.15, 0.2) is 65.7 Å². The zero-order valence-electron chi connectivity index (χ0n) is 15.5. The van der Waals surface area contributed by atoms with Crippen LogP contribution in [0.5, 0.6) is 5.75 Å². The number of carbonyl (C=O) groups excluding carboxylic acids is 1. The van der Waals surface area contributed by atoms with E-state index < -0.39 is 15.9 Å². The smallest absolute Gasteiger partial charge is 0.248 e. The van der Waals surface area contributed by atoms with Crippen molar-refractivity contribution in [1.29, 1.82) is 0 Å². The van der Waals surface area contributed by atoms with E-state index in [4.69, 9.17) is 9.88 Å². The van der Waals surface area contributed by atoms with E-state index in [-0.39, 0.29) is 16.3 Å². The molecular weight excluding hydrogens is 394 g/mol. The van der Waals surface area contributed by atoms with Gasteiger partial charge in [-0.25, -0.2) is 18.2 Å². The number of rotatable bonds is 7. The SMILES string of the molecule is COc1ccc(NC(=O)/C=C/c2cn(Cc3ccccc3)nn2)cc1S(N)(=O)=O. The third-order valence-corrected chi connectivity index (χ3v) is 4.82. The summed E-state index contributed by atoms with van der Waals surface area (Å²) in [6.45, 7) is 0.566. The third-order valence-electron chi connectivity index (χ3n) is 3.89. The molecule has 0 aliphatic heterocycles. The molecular formula is C19H19N5O4S. The number of amides is 1. The first-order chi connectivity index (χ1) is 13.8. The fourth-order valence-corrected chi connectivity index (χ4v) is 3.28. The first-order valence-electron chi connectivity index (χ1n) is 8.49. The number of nitrogens with one attached hydrogen (secondary N) is 1. The molecule has 3 rings (SSSR count). The van der Waals surface area contributed by atoms with Crippen molar-refractivity contribution in [2.24, 2.45) is 5.14 Å². The highest BCUT2D eigenvalue weighted by atomic mass is 32.2. The highest BCUT2D eigenvalue weighted by Crippen LogP contribution is 2.26. The Morgan fingerprint density at radius 3 is 2.69 bits per heavy atom. The summed E-state index contributed by atoms with van der Waals surface area (Å²) >= 11 is 0. The number of ether oxygens (including phenoxy) is 1. The molecule has 10 heteroatoms. The predicted octanol–water partition coefficient (Wildman–Crippen LogP) is 1.63. The number of anilines is 1. The number of hydrogen-bond donors (Lipinski definition) is 2. The van der Waals surface area contributed by atoms with E-state index >= 15 is 0 Å². The van der Waals surface area contributed by atoms with Gasteiger partial charge in [0.2, 0.25) is 15.9 Å². The first kappa shape index (κ1) is 20.2. The van der Waals surface area contributed by atoms with Crippen LogP contribution in [0.1, 0.15) is 11.3 Å². The van der Waals surface area contributed by atoms with Crippen LogP contribution in [0.3, 0.4) is 0 Å². The zero-order chi connectivity index (χ0) is 20.9. The van der Waals surface area contributed by atoms with Crippen molar-refractivity contribution in [1.82, 2.24) is 15.0 Å². The van der Waals surface area contributed by atoms with Gasteiger partial charge in [-0.05, 0) is 29.8 Å². The van der Waals surface area contributed by atoms with Crippen LogP contribution in [0.25, 0.3) is 6.08 Å². The molecule has 0 fully saturated rings. The Morgan fingerprint density at radius 2 is 2.00 bits per heavy atom. The predicted molar refractivity (Wildman–Crippen MR) is 108 cm³/mol. The molecule has 3 N–H and O–H groups in total. The van der Waals surface area contributed by atoms with E-state index in [1.807, 2.05) is 30.3 Å². The molecule has 1 aromatic heterocycles. The molecule has 2 aromatic carbocycles. The number of carbonyl (C=O) groups is 1. The summed E-state index contributed by atoms with van der Waals surface area (Å²) in [6.07, 6.45) is 4.49. The van der Waals surface area contributed by atoms with Gasteiger partial charge < -0.3 is 10.1 Å². The number of nitrogens with two attached hydrogens (primary N) is 1. The zero-order valence-corrected chi connectivity index (χ0v) is 16.3. The minimum Gasteiger partial charge on any atom is -0.495 e. The Kier molecular flexibility index (Phi) is 6.05. The van der Waals surface area contributed by atoms with E-state index in [9.17, 15) is 13.2 Å². The Balaban J connectivity index is 1.66. The van der Waals surface area contributed by atoms with Crippen LogP contribution in [0, 0.1) is 0 Å². The Morgan fingerprint density at radius 1 is 1.24 bits per heavy atom. The first-order valence-corrected chi connectivity index (χ1v) is 10.0. The molecule has 0 unspecified atom stereocenters. The average Bonchev–Trinajstić information content (AvgIpc) is 3.14. The van der Waals surface area contributed by atoms with E-state index in [0.29, 0.717) is 12.2 Å². The van der Waals surface area contributed by atoms with Gasteiger partial charge in [-0.3, -0.25) is 4.79 Å². The lowest BCUT2D eigenvalue weighted by Gasteiger charge is -2.09. The van der Waals surface area contributed by atoms with Crippen molar-refractivity contribution >= 4 is 27.7 Å². The van der Waals surface area contributed by atoms with Crippen LogP contribution in [0.2, 0.25) is 0 Å². The summed E-state index contributed by atoms with van der Waals surface area (Å²) < 4.78 is 29.9. The normalized spacial score (nSPS) is 11.5. The third kappa shape index (κ3) is 5.50. The van der Waals surface area contributed by atoms with Crippen LogP contribution < -0.4 is 15.2 Å². The lowest BCUT2D eigenvalue weighted by Crippen LogP contribution is -2.15. The average molecular weight is 413 g/mol. The standard InChI is InChI=1S/C19H19N5O4S/c1-28-17-9-7-15(11-18(17)29(20,26)27)21-19(25)10-8-16-13-24(23-22-16)12-14-5-3-2-4-6-14/h2-11,13H,12H2,1H3,(H,21,25)(H2,20,26,27)/b10-8+. The van der Waals surface area contributed by atoms with E-state index in [0.717, 1.165) is 5.56 Å². The molecule has 0 bridgehead atoms. The van der Waals surface area contributed by atoms with Crippen LogP contribution in [-0.4, -0.2) is 36.4 Å². The molecule has 150 valence electrons. The second-order valence-corrected chi connectivity index (χ2v) is 7.59. The quantitative estimate of drug-likeness (QED) is 0.567. The summed E-state index contributed by atoms with van der Waals surface area (Å²) in [5, 5.41) is 15.8. The molecule has 0 aliphatic rings. The maximum absolute atomic E-state index is 12.1. The summed E-state index contributed by atoms with van der Waals surface area (Å²) in [6, 6.07) is 13.9. The van der Waals surface area contributed by atoms with E-state index in [1.165, 1.54) is 37.5 Å². The van der Waals surface area contributed by atoms with Crippen molar-refractivity contribution in [3.8, 4) is 5.75 Å². The lowest BCUT2D eigenvalue weighted by atomic mass is 10.2. The highest BCUT2D eigenvalue weighted by molar-refractivity contribution is 7.89. The Labute approximate surface area is 167 Å². The lowest BCUT2D eigenvalue weighted by molar-refractivity contribution is -0.111. The van der Waals surface area contributed by atoms with Crippen molar-refractivity contribution < 1.29 is 17.9 Å². The molecule has 0 saturated carbocycles. The van der Waals surface area contributed by atoms with Gasteiger partial charge in [-0.2, -0.15) is 0 Å². The van der Waals surface area contributed by atoms with Crippen molar-refractivity contribution in [2.45, 2.75) is 11.4 Å². The van der Waals surface area contributed by atoms with Crippen LogP contribution in [-0.2, 0) is 21.4 Å². The monoisotopic (exact) mass is 413 g/mol. The molecule has 1 heterocycles. The number of nitrogens with zero attached hydrogens (tertiary/aromatic N) is 3. The van der Waals surface area contributed by atoms with Gasteiger partial charge in [0.05, 0.1) is 19.9 Å². The number of primary sulfonamides is 1. The molecule has 1 amide bonds. The molecule has 9 nitrogen and oxygen atoms in total. The minimum absolute atomic E-state index is 0.0936. The van der Waals surface area contributed by atoms with Crippen molar-refractivity contribution in [3.63, 3.8) is 0 Å². The fourth-order valence-electron chi connectivity index (χ4n) is 2.56. The molecule has 0 saturated heterocycles. The van der Waals surface area contributed by atoms with Gasteiger partial charge in [0.15, 0.2) is 0 Å². The Bertz CT molecular complexity index is 1140. The molecule has 0 aliphatic carbocycles.